The van der Waals surface area contributed by atoms with Crippen molar-refractivity contribution >= 4 is 22.6 Å². The van der Waals surface area contributed by atoms with Gasteiger partial charge in [-0.2, -0.15) is 0 Å². The number of carbonyl (C=O) groups excluding carboxylic acids is 2. The molecule has 0 heterocycles. The average molecular weight is 377 g/mol. The lowest BCUT2D eigenvalue weighted by Gasteiger charge is -2.56. The van der Waals surface area contributed by atoms with E-state index in [1.165, 1.54) is 19.3 Å². The number of carbonyl (C=O) groups is 2. The molecule has 0 radical (unpaired) electrons. The van der Waals surface area contributed by atoms with Crippen molar-refractivity contribution in [2.75, 3.05) is 6.54 Å². The highest BCUT2D eigenvalue weighted by Crippen LogP contribution is 2.55. The Morgan fingerprint density at radius 1 is 0.857 bits per heavy atom. The second-order valence-corrected chi connectivity index (χ2v) is 9.34. The van der Waals surface area contributed by atoms with E-state index in [0.29, 0.717) is 6.42 Å². The normalized spacial score (nSPS) is 30.4. The van der Waals surface area contributed by atoms with Crippen LogP contribution < -0.4 is 10.6 Å². The topological polar surface area (TPSA) is 58.2 Å². The molecule has 0 saturated heterocycles. The lowest BCUT2D eigenvalue weighted by atomic mass is 9.53. The van der Waals surface area contributed by atoms with Crippen LogP contribution in [0.5, 0.6) is 0 Å². The molecule has 146 valence electrons. The highest BCUT2D eigenvalue weighted by molar-refractivity contribution is 5.91. The predicted octanol–water partition coefficient (Wildman–Crippen LogP) is 3.58. The van der Waals surface area contributed by atoms with Gasteiger partial charge in [-0.05, 0) is 72.6 Å². The molecule has 2 N–H and O–H groups in total. The third kappa shape index (κ3) is 3.41. The molecular formula is C24H28N2O2. The minimum Gasteiger partial charge on any atom is -0.349 e. The molecule has 28 heavy (non-hydrogen) atoms. The van der Waals surface area contributed by atoms with Gasteiger partial charge < -0.3 is 10.6 Å². The van der Waals surface area contributed by atoms with E-state index in [1.54, 1.807) is 0 Å². The Kier molecular flexibility index (Phi) is 4.37. The third-order valence-electron chi connectivity index (χ3n) is 7.12. The van der Waals surface area contributed by atoms with Gasteiger partial charge in [0.2, 0.25) is 11.8 Å². The molecule has 0 aliphatic heterocycles. The molecule has 2 amide bonds. The van der Waals surface area contributed by atoms with Gasteiger partial charge in [-0.15, -0.1) is 0 Å². The lowest BCUT2D eigenvalue weighted by Crippen LogP contribution is -2.61. The standard InChI is InChI=1S/C24H28N2O2/c27-22(11-20-6-3-5-19-4-1-2-7-21(19)20)25-15-23(28)26-24-12-16-8-17(13-24)10-18(9-16)14-24/h1-7,16-18H,8-15H2,(H,25,27)(H,26,28). The van der Waals surface area contributed by atoms with Crippen molar-refractivity contribution in [1.82, 2.24) is 10.6 Å². The molecule has 2 aromatic rings. The van der Waals surface area contributed by atoms with Crippen LogP contribution in [0.4, 0.5) is 0 Å². The molecule has 6 rings (SSSR count). The zero-order chi connectivity index (χ0) is 19.1. The molecule has 4 aliphatic rings. The monoisotopic (exact) mass is 376 g/mol. The van der Waals surface area contributed by atoms with Gasteiger partial charge in [0.1, 0.15) is 0 Å². The summed E-state index contributed by atoms with van der Waals surface area (Å²) in [6.07, 6.45) is 7.77. The first-order chi connectivity index (χ1) is 13.6. The highest BCUT2D eigenvalue weighted by Gasteiger charge is 2.51. The van der Waals surface area contributed by atoms with E-state index >= 15 is 0 Å². The first-order valence-corrected chi connectivity index (χ1v) is 10.6. The van der Waals surface area contributed by atoms with Gasteiger partial charge in [-0.25, -0.2) is 0 Å². The van der Waals surface area contributed by atoms with Crippen LogP contribution in [0.1, 0.15) is 44.1 Å². The maximum Gasteiger partial charge on any atom is 0.239 e. The van der Waals surface area contributed by atoms with Crippen LogP contribution in [-0.4, -0.2) is 23.9 Å². The molecule has 4 bridgehead atoms. The Labute approximate surface area is 166 Å². The number of benzene rings is 2. The summed E-state index contributed by atoms with van der Waals surface area (Å²) >= 11 is 0. The fourth-order valence-electron chi connectivity index (χ4n) is 6.46. The van der Waals surface area contributed by atoms with Crippen molar-refractivity contribution in [2.45, 2.75) is 50.5 Å². The van der Waals surface area contributed by atoms with Gasteiger partial charge in [-0.3, -0.25) is 9.59 Å². The molecule has 0 atom stereocenters. The summed E-state index contributed by atoms with van der Waals surface area (Å²) in [5.41, 5.74) is 1.00. The summed E-state index contributed by atoms with van der Waals surface area (Å²) in [5.74, 6) is 2.26. The van der Waals surface area contributed by atoms with Crippen LogP contribution in [0.2, 0.25) is 0 Å². The number of hydrogen-bond acceptors (Lipinski definition) is 2. The van der Waals surface area contributed by atoms with Gasteiger partial charge in [0.05, 0.1) is 13.0 Å². The molecule has 2 aromatic carbocycles. The maximum absolute atomic E-state index is 12.6. The second-order valence-electron chi connectivity index (χ2n) is 9.34. The van der Waals surface area contributed by atoms with Crippen LogP contribution in [0.15, 0.2) is 42.5 Å². The van der Waals surface area contributed by atoms with E-state index in [1.807, 2.05) is 30.3 Å². The first-order valence-electron chi connectivity index (χ1n) is 10.6. The molecule has 4 heteroatoms. The van der Waals surface area contributed by atoms with E-state index in [-0.39, 0.29) is 23.9 Å². The van der Waals surface area contributed by atoms with Crippen LogP contribution in [-0.2, 0) is 16.0 Å². The number of fused-ring (bicyclic) bond motifs is 1. The van der Waals surface area contributed by atoms with Gasteiger partial charge in [-0.1, -0.05) is 42.5 Å². The molecule has 4 fully saturated rings. The molecule has 4 saturated carbocycles. The minimum absolute atomic E-state index is 0.00614. The van der Waals surface area contributed by atoms with Crippen molar-refractivity contribution in [3.8, 4) is 0 Å². The Morgan fingerprint density at radius 2 is 1.50 bits per heavy atom. The summed E-state index contributed by atoms with van der Waals surface area (Å²) in [6.45, 7) is 0.0748. The van der Waals surface area contributed by atoms with Crippen molar-refractivity contribution < 1.29 is 9.59 Å². The number of hydrogen-bond donors (Lipinski definition) is 2. The van der Waals surface area contributed by atoms with E-state index in [0.717, 1.165) is 53.4 Å². The Hall–Kier alpha value is -2.36. The minimum atomic E-state index is -0.1000. The lowest BCUT2D eigenvalue weighted by molar-refractivity contribution is -0.129. The smallest absolute Gasteiger partial charge is 0.239 e. The quantitative estimate of drug-likeness (QED) is 0.838. The summed E-state index contributed by atoms with van der Waals surface area (Å²) in [5, 5.41) is 8.37. The Bertz CT molecular complexity index is 879. The van der Waals surface area contributed by atoms with Gasteiger partial charge in [0.15, 0.2) is 0 Å². The average Bonchev–Trinajstić information content (AvgIpc) is 2.65. The number of rotatable bonds is 5. The summed E-state index contributed by atoms with van der Waals surface area (Å²) in [7, 11) is 0. The van der Waals surface area contributed by atoms with Crippen LogP contribution in [0, 0.1) is 17.8 Å². The molecule has 0 spiro atoms. The number of amides is 2. The zero-order valence-corrected chi connectivity index (χ0v) is 16.2. The van der Waals surface area contributed by atoms with E-state index < -0.39 is 0 Å². The molecule has 0 unspecified atom stereocenters. The maximum atomic E-state index is 12.6. The van der Waals surface area contributed by atoms with Crippen LogP contribution >= 0.6 is 0 Å². The largest absolute Gasteiger partial charge is 0.349 e. The Balaban J connectivity index is 1.17. The summed E-state index contributed by atoms with van der Waals surface area (Å²) in [4.78, 5) is 25.0. The molecule has 0 aromatic heterocycles. The van der Waals surface area contributed by atoms with Crippen LogP contribution in [0.3, 0.4) is 0 Å². The summed E-state index contributed by atoms with van der Waals surface area (Å²) in [6, 6.07) is 14.1. The SMILES string of the molecule is O=C(Cc1cccc2ccccc12)NCC(=O)NC12CC3CC(CC(C3)C1)C2. The fraction of sp³-hybridized carbons (Fsp3) is 0.500. The van der Waals surface area contributed by atoms with Gasteiger partial charge in [0.25, 0.3) is 0 Å². The molecule has 4 aliphatic carbocycles. The van der Waals surface area contributed by atoms with Gasteiger partial charge in [0, 0.05) is 5.54 Å². The van der Waals surface area contributed by atoms with Crippen molar-refractivity contribution in [3.05, 3.63) is 48.0 Å². The van der Waals surface area contributed by atoms with Gasteiger partial charge >= 0.3 is 0 Å². The third-order valence-corrected chi connectivity index (χ3v) is 7.12. The highest BCUT2D eigenvalue weighted by atomic mass is 16.2. The number of nitrogens with one attached hydrogen (secondary N) is 2. The van der Waals surface area contributed by atoms with Crippen LogP contribution in [0.25, 0.3) is 10.8 Å². The first kappa shape index (κ1) is 17.7. The summed E-state index contributed by atoms with van der Waals surface area (Å²) < 4.78 is 0. The zero-order valence-electron chi connectivity index (χ0n) is 16.2. The fourth-order valence-corrected chi connectivity index (χ4v) is 6.46. The van der Waals surface area contributed by atoms with E-state index in [2.05, 4.69) is 22.8 Å². The van der Waals surface area contributed by atoms with Crippen molar-refractivity contribution in [2.24, 2.45) is 17.8 Å². The molecular weight excluding hydrogens is 348 g/mol. The Morgan fingerprint density at radius 3 is 2.21 bits per heavy atom. The predicted molar refractivity (Wildman–Crippen MR) is 110 cm³/mol. The van der Waals surface area contributed by atoms with E-state index in [4.69, 9.17) is 0 Å². The van der Waals surface area contributed by atoms with Crippen molar-refractivity contribution in [3.63, 3.8) is 0 Å². The molecule has 4 nitrogen and oxygen atoms in total. The van der Waals surface area contributed by atoms with Crippen molar-refractivity contribution in [1.29, 1.82) is 0 Å². The van der Waals surface area contributed by atoms with E-state index in [9.17, 15) is 9.59 Å². The second kappa shape index (κ2) is 6.91.